The number of hydrogen-bond donors (Lipinski definition) is 1. The van der Waals surface area contributed by atoms with Crippen LogP contribution in [0.1, 0.15) is 26.4 Å². The normalized spacial score (nSPS) is 10.7. The molecule has 2 aromatic carbocycles. The molecule has 4 rings (SSSR count). The predicted octanol–water partition coefficient (Wildman–Crippen LogP) is 5.79. The minimum absolute atomic E-state index is 0.163. The van der Waals surface area contributed by atoms with Gasteiger partial charge in [-0.2, -0.15) is 5.10 Å². The number of benzene rings is 2. The number of aryl methyl sites for hydroxylation is 1. The molecule has 0 aliphatic rings. The van der Waals surface area contributed by atoms with Gasteiger partial charge in [0.1, 0.15) is 12.4 Å². The number of ether oxygens (including phenoxy) is 1. The molecule has 0 saturated carbocycles. The molecule has 0 radical (unpaired) electrons. The molecule has 5 nitrogen and oxygen atoms in total. The molecule has 30 heavy (non-hydrogen) atoms. The summed E-state index contributed by atoms with van der Waals surface area (Å²) in [7, 11) is 0. The molecular formula is C23H20ClN3O2S. The van der Waals surface area contributed by atoms with Gasteiger partial charge in [0.25, 0.3) is 5.91 Å². The second kappa shape index (κ2) is 9.15. The molecule has 1 N–H and O–H groups in total. The highest BCUT2D eigenvalue weighted by Crippen LogP contribution is 2.20. The van der Waals surface area contributed by atoms with E-state index in [2.05, 4.69) is 10.4 Å². The first-order chi connectivity index (χ1) is 14.5. The van der Waals surface area contributed by atoms with Crippen molar-refractivity contribution in [3.63, 3.8) is 0 Å². The fraction of sp³-hybridized carbons (Fsp3) is 0.130. The lowest BCUT2D eigenvalue weighted by Crippen LogP contribution is -2.09. The first-order valence-electron chi connectivity index (χ1n) is 9.40. The van der Waals surface area contributed by atoms with E-state index in [0.29, 0.717) is 28.7 Å². The summed E-state index contributed by atoms with van der Waals surface area (Å²) in [4.78, 5) is 13.2. The van der Waals surface area contributed by atoms with Crippen molar-refractivity contribution >= 4 is 34.5 Å². The maximum atomic E-state index is 12.6. The van der Waals surface area contributed by atoms with Crippen molar-refractivity contribution in [2.45, 2.75) is 20.1 Å². The van der Waals surface area contributed by atoms with Crippen LogP contribution in [0.4, 0.5) is 5.69 Å². The van der Waals surface area contributed by atoms with Crippen molar-refractivity contribution in [2.24, 2.45) is 0 Å². The molecule has 0 aliphatic heterocycles. The summed E-state index contributed by atoms with van der Waals surface area (Å²) in [5.41, 5.74) is 3.84. The number of carbonyl (C=O) groups excluding carboxylic acids is 1. The SMILES string of the molecule is Cc1ccc(OCc2csc(C(=O)Nc3cnn(Cc4cccc(Cl)c4)c3)c2)cc1. The van der Waals surface area contributed by atoms with Gasteiger partial charge >= 0.3 is 0 Å². The Bertz CT molecular complexity index is 1150. The van der Waals surface area contributed by atoms with Gasteiger partial charge in [-0.1, -0.05) is 41.4 Å². The number of nitrogens with zero attached hydrogens (tertiary/aromatic N) is 2. The number of thiophene rings is 1. The number of anilines is 1. The van der Waals surface area contributed by atoms with E-state index >= 15 is 0 Å². The fourth-order valence-corrected chi connectivity index (χ4v) is 3.91. The van der Waals surface area contributed by atoms with Crippen LogP contribution in [0.15, 0.2) is 72.4 Å². The standard InChI is InChI=1S/C23H20ClN3O2S/c1-16-5-7-21(8-6-16)29-14-18-10-22(30-15-18)23(28)26-20-11-25-27(13-20)12-17-3-2-4-19(24)9-17/h2-11,13,15H,12,14H2,1H3,(H,26,28). The van der Waals surface area contributed by atoms with Gasteiger partial charge in [-0.3, -0.25) is 9.48 Å². The van der Waals surface area contributed by atoms with E-state index in [1.807, 2.05) is 66.9 Å². The van der Waals surface area contributed by atoms with E-state index in [4.69, 9.17) is 16.3 Å². The van der Waals surface area contributed by atoms with Gasteiger partial charge in [0.05, 0.1) is 23.3 Å². The minimum Gasteiger partial charge on any atom is -0.489 e. The summed E-state index contributed by atoms with van der Waals surface area (Å²) in [5.74, 6) is 0.647. The van der Waals surface area contributed by atoms with Gasteiger partial charge in [-0.15, -0.1) is 11.3 Å². The highest BCUT2D eigenvalue weighted by atomic mass is 35.5. The molecule has 4 aromatic rings. The van der Waals surface area contributed by atoms with Crippen LogP contribution < -0.4 is 10.1 Å². The van der Waals surface area contributed by atoms with Crippen LogP contribution >= 0.6 is 22.9 Å². The third-order valence-electron chi connectivity index (χ3n) is 4.43. The number of carbonyl (C=O) groups is 1. The number of nitrogens with one attached hydrogen (secondary N) is 1. The van der Waals surface area contributed by atoms with Gasteiger partial charge < -0.3 is 10.1 Å². The Morgan fingerprint density at radius 3 is 2.80 bits per heavy atom. The quantitative estimate of drug-likeness (QED) is 0.398. The zero-order valence-corrected chi connectivity index (χ0v) is 17.9. The van der Waals surface area contributed by atoms with Crippen LogP contribution in [0.25, 0.3) is 0 Å². The van der Waals surface area contributed by atoms with Gasteiger partial charge in [0.2, 0.25) is 0 Å². The van der Waals surface area contributed by atoms with E-state index in [-0.39, 0.29) is 5.91 Å². The third kappa shape index (κ3) is 5.28. The van der Waals surface area contributed by atoms with E-state index < -0.39 is 0 Å². The molecule has 0 aliphatic carbocycles. The zero-order chi connectivity index (χ0) is 20.9. The Kier molecular flexibility index (Phi) is 6.16. The van der Waals surface area contributed by atoms with Crippen molar-refractivity contribution in [1.82, 2.24) is 9.78 Å². The van der Waals surface area contributed by atoms with Crippen LogP contribution in [0.3, 0.4) is 0 Å². The van der Waals surface area contributed by atoms with Crippen molar-refractivity contribution in [1.29, 1.82) is 0 Å². The smallest absolute Gasteiger partial charge is 0.265 e. The number of halogens is 1. The number of amides is 1. The van der Waals surface area contributed by atoms with Crippen molar-refractivity contribution < 1.29 is 9.53 Å². The van der Waals surface area contributed by atoms with Gasteiger partial charge in [0.15, 0.2) is 0 Å². The highest BCUT2D eigenvalue weighted by Gasteiger charge is 2.11. The Balaban J connectivity index is 1.33. The van der Waals surface area contributed by atoms with Crippen LogP contribution in [0.2, 0.25) is 5.02 Å². The lowest BCUT2D eigenvalue weighted by Gasteiger charge is -2.04. The first kappa shape index (κ1) is 20.2. The second-order valence-electron chi connectivity index (χ2n) is 6.93. The summed E-state index contributed by atoms with van der Waals surface area (Å²) in [6.07, 6.45) is 3.44. The topological polar surface area (TPSA) is 56.1 Å². The molecule has 0 spiro atoms. The molecule has 0 atom stereocenters. The molecule has 0 saturated heterocycles. The molecule has 152 valence electrons. The third-order valence-corrected chi connectivity index (χ3v) is 5.64. The molecule has 0 bridgehead atoms. The Morgan fingerprint density at radius 1 is 1.17 bits per heavy atom. The van der Waals surface area contributed by atoms with Crippen molar-refractivity contribution in [2.75, 3.05) is 5.32 Å². The van der Waals surface area contributed by atoms with Crippen molar-refractivity contribution in [3.05, 3.63) is 99.0 Å². The van der Waals surface area contributed by atoms with E-state index in [1.165, 1.54) is 16.9 Å². The largest absolute Gasteiger partial charge is 0.489 e. The highest BCUT2D eigenvalue weighted by molar-refractivity contribution is 7.12. The number of hydrogen-bond acceptors (Lipinski definition) is 4. The van der Waals surface area contributed by atoms with E-state index in [9.17, 15) is 4.79 Å². The monoisotopic (exact) mass is 437 g/mol. The Labute approximate surface area is 183 Å². The molecule has 2 aromatic heterocycles. The summed E-state index contributed by atoms with van der Waals surface area (Å²) in [5, 5.41) is 9.82. The number of aromatic nitrogens is 2. The maximum absolute atomic E-state index is 12.6. The summed E-state index contributed by atoms with van der Waals surface area (Å²) < 4.78 is 7.54. The second-order valence-corrected chi connectivity index (χ2v) is 8.28. The number of rotatable bonds is 7. The summed E-state index contributed by atoms with van der Waals surface area (Å²) in [6, 6.07) is 17.4. The van der Waals surface area contributed by atoms with Gasteiger partial charge in [-0.05, 0) is 48.2 Å². The van der Waals surface area contributed by atoms with E-state index in [0.717, 1.165) is 16.9 Å². The average Bonchev–Trinajstić information content (AvgIpc) is 3.37. The zero-order valence-electron chi connectivity index (χ0n) is 16.3. The van der Waals surface area contributed by atoms with Crippen LogP contribution in [0, 0.1) is 6.92 Å². The van der Waals surface area contributed by atoms with Crippen LogP contribution in [-0.2, 0) is 13.2 Å². The molecular weight excluding hydrogens is 418 g/mol. The maximum Gasteiger partial charge on any atom is 0.265 e. The molecule has 1 amide bonds. The minimum atomic E-state index is -0.163. The van der Waals surface area contributed by atoms with Crippen LogP contribution in [0.5, 0.6) is 5.75 Å². The molecule has 7 heteroatoms. The summed E-state index contributed by atoms with van der Waals surface area (Å²) in [6.45, 7) is 3.04. The van der Waals surface area contributed by atoms with Gasteiger partial charge in [0, 0.05) is 16.8 Å². The van der Waals surface area contributed by atoms with Gasteiger partial charge in [-0.25, -0.2) is 0 Å². The lowest BCUT2D eigenvalue weighted by atomic mass is 10.2. The fourth-order valence-electron chi connectivity index (χ4n) is 2.90. The molecule has 0 unspecified atom stereocenters. The molecule has 2 heterocycles. The average molecular weight is 438 g/mol. The Hall–Kier alpha value is -3.09. The Morgan fingerprint density at radius 2 is 2.00 bits per heavy atom. The van der Waals surface area contributed by atoms with E-state index in [1.54, 1.807) is 17.1 Å². The predicted molar refractivity (Wildman–Crippen MR) is 121 cm³/mol. The first-order valence-corrected chi connectivity index (χ1v) is 10.7. The van der Waals surface area contributed by atoms with Crippen LogP contribution in [-0.4, -0.2) is 15.7 Å². The molecule has 0 fully saturated rings. The lowest BCUT2D eigenvalue weighted by molar-refractivity contribution is 0.103. The summed E-state index contributed by atoms with van der Waals surface area (Å²) >= 11 is 7.42. The van der Waals surface area contributed by atoms with Crippen molar-refractivity contribution in [3.8, 4) is 5.75 Å².